The molecule has 10 heteroatoms. The number of carbonyl (C=O) groups is 2. The van der Waals surface area contributed by atoms with Gasteiger partial charge >= 0.3 is 0 Å². The van der Waals surface area contributed by atoms with Crippen LogP contribution in [0.25, 0.3) is 0 Å². The first-order chi connectivity index (χ1) is 15.8. The van der Waals surface area contributed by atoms with E-state index in [9.17, 15) is 23.2 Å². The van der Waals surface area contributed by atoms with Crippen LogP contribution in [0.1, 0.15) is 46.2 Å². The summed E-state index contributed by atoms with van der Waals surface area (Å²) in [5, 5.41) is 2.48. The van der Waals surface area contributed by atoms with Crippen molar-refractivity contribution in [1.82, 2.24) is 14.8 Å². The third kappa shape index (κ3) is 3.49. The van der Waals surface area contributed by atoms with Crippen LogP contribution < -0.4 is 15.5 Å². The van der Waals surface area contributed by atoms with E-state index in [-0.39, 0.29) is 59.6 Å². The van der Waals surface area contributed by atoms with Crippen molar-refractivity contribution in [1.29, 1.82) is 0 Å². The number of fused-ring (bicyclic) bond motifs is 5. The molecule has 2 aliphatic heterocycles. The third-order valence-electron chi connectivity index (χ3n) is 6.74. The zero-order valence-corrected chi connectivity index (χ0v) is 18.1. The van der Waals surface area contributed by atoms with Gasteiger partial charge in [-0.3, -0.25) is 14.4 Å². The summed E-state index contributed by atoms with van der Waals surface area (Å²) in [7, 11) is 1.27. The molecule has 1 unspecified atom stereocenters. The van der Waals surface area contributed by atoms with Gasteiger partial charge in [0, 0.05) is 30.4 Å². The number of benzene rings is 1. The van der Waals surface area contributed by atoms with Crippen LogP contribution in [-0.4, -0.2) is 46.8 Å². The lowest BCUT2D eigenvalue weighted by Gasteiger charge is -2.45. The molecule has 2 aromatic rings. The van der Waals surface area contributed by atoms with Crippen molar-refractivity contribution >= 4 is 11.8 Å². The summed E-state index contributed by atoms with van der Waals surface area (Å²) in [4.78, 5) is 40.9. The Morgan fingerprint density at radius 2 is 2.06 bits per heavy atom. The summed E-state index contributed by atoms with van der Waals surface area (Å²) in [6, 6.07) is 3.04. The first kappa shape index (κ1) is 21.6. The summed E-state index contributed by atoms with van der Waals surface area (Å²) < 4.78 is 39.9. The number of hydrogen-bond donors (Lipinski definition) is 1. The number of nitrogens with zero attached hydrogens (tertiary/aromatic N) is 2. The Balaban J connectivity index is 1.47. The van der Waals surface area contributed by atoms with Crippen LogP contribution in [0.2, 0.25) is 0 Å². The molecule has 3 heterocycles. The van der Waals surface area contributed by atoms with E-state index in [1.165, 1.54) is 23.9 Å². The highest BCUT2D eigenvalue weighted by molar-refractivity contribution is 5.99. The fourth-order valence-corrected chi connectivity index (χ4v) is 5.16. The fraction of sp³-hybridized carbons (Fsp3) is 0.435. The molecule has 8 nitrogen and oxygen atoms in total. The molecule has 174 valence electrons. The third-order valence-corrected chi connectivity index (χ3v) is 6.74. The van der Waals surface area contributed by atoms with E-state index >= 15 is 0 Å². The lowest BCUT2D eigenvalue weighted by Crippen LogP contribution is -2.58. The average Bonchev–Trinajstić information content (AvgIpc) is 3.06. The monoisotopic (exact) mass is 459 g/mol. The molecular weight excluding hydrogens is 436 g/mol. The van der Waals surface area contributed by atoms with Crippen molar-refractivity contribution in [2.24, 2.45) is 5.92 Å². The molecule has 0 spiro atoms. The largest absolute Gasteiger partial charge is 0.491 e. The SMILES string of the molecule is COc1c2n(cc(C(=O)NCc3ccc(F)cc3F)c1=O)CC1O[C@@H]3C[C@@H](C)[C@@H](C3)N1C2=O. The molecule has 3 aliphatic rings. The van der Waals surface area contributed by atoms with Gasteiger partial charge in [0.1, 0.15) is 17.2 Å². The van der Waals surface area contributed by atoms with E-state index in [1.807, 2.05) is 0 Å². The maximum absolute atomic E-state index is 13.9. The number of carbonyl (C=O) groups excluding carboxylic acids is 2. The van der Waals surface area contributed by atoms with Crippen LogP contribution in [0, 0.1) is 17.6 Å². The van der Waals surface area contributed by atoms with Gasteiger partial charge in [-0.15, -0.1) is 0 Å². The molecule has 1 saturated heterocycles. The Bertz CT molecular complexity index is 1210. The van der Waals surface area contributed by atoms with Gasteiger partial charge in [-0.1, -0.05) is 13.0 Å². The second-order valence-corrected chi connectivity index (χ2v) is 8.77. The topological polar surface area (TPSA) is 89.9 Å². The van der Waals surface area contributed by atoms with Crippen molar-refractivity contribution in [3.05, 3.63) is 63.1 Å². The molecule has 2 amide bonds. The van der Waals surface area contributed by atoms with Crippen LogP contribution in [-0.2, 0) is 17.8 Å². The second-order valence-electron chi connectivity index (χ2n) is 8.77. The number of halogens is 2. The summed E-state index contributed by atoms with van der Waals surface area (Å²) in [6.45, 7) is 2.10. The minimum atomic E-state index is -0.806. The summed E-state index contributed by atoms with van der Waals surface area (Å²) in [5.74, 6) is -2.59. The molecule has 1 aliphatic carbocycles. The number of amides is 2. The van der Waals surface area contributed by atoms with Gasteiger partial charge in [0.15, 0.2) is 17.7 Å². The standard InChI is InChI=1S/C23H23F2N3O5/c1-11-5-14-7-17(11)28-18(33-14)10-27-9-15(20(29)21(32-2)19(27)23(28)31)22(30)26-8-12-3-4-13(24)6-16(12)25/h3-4,6,9,11,14,17-18H,5,7-8,10H2,1-2H3,(H,26,30)/t11-,14-,17-,18?/m1/s1. The van der Waals surface area contributed by atoms with Gasteiger partial charge in [-0.2, -0.15) is 0 Å². The highest BCUT2D eigenvalue weighted by Crippen LogP contribution is 2.41. The fourth-order valence-electron chi connectivity index (χ4n) is 5.16. The molecule has 2 bridgehead atoms. The number of nitrogens with one attached hydrogen (secondary N) is 1. The van der Waals surface area contributed by atoms with E-state index in [4.69, 9.17) is 9.47 Å². The lowest BCUT2D eigenvalue weighted by molar-refractivity contribution is -0.133. The Morgan fingerprint density at radius 1 is 1.27 bits per heavy atom. The normalized spacial score (nSPS) is 25.5. The van der Waals surface area contributed by atoms with Crippen molar-refractivity contribution in [2.45, 2.75) is 51.2 Å². The first-order valence-electron chi connectivity index (χ1n) is 10.8. The van der Waals surface area contributed by atoms with Gasteiger partial charge in [-0.25, -0.2) is 8.78 Å². The Hall–Kier alpha value is -3.27. The highest BCUT2D eigenvalue weighted by Gasteiger charge is 2.50. The maximum atomic E-state index is 13.9. The number of hydrogen-bond acceptors (Lipinski definition) is 5. The molecule has 5 rings (SSSR count). The van der Waals surface area contributed by atoms with Crippen LogP contribution >= 0.6 is 0 Å². The zero-order valence-electron chi connectivity index (χ0n) is 18.1. The first-order valence-corrected chi connectivity index (χ1v) is 10.8. The molecule has 1 aromatic heterocycles. The number of rotatable bonds is 4. The van der Waals surface area contributed by atoms with Crippen LogP contribution in [0.3, 0.4) is 0 Å². The van der Waals surface area contributed by atoms with Crippen LogP contribution in [0.15, 0.2) is 29.2 Å². The van der Waals surface area contributed by atoms with Gasteiger partial charge in [0.2, 0.25) is 5.43 Å². The van der Waals surface area contributed by atoms with Crippen molar-refractivity contribution in [3.8, 4) is 5.75 Å². The van der Waals surface area contributed by atoms with Crippen molar-refractivity contribution < 1.29 is 27.8 Å². The van der Waals surface area contributed by atoms with E-state index in [0.717, 1.165) is 18.9 Å². The summed E-state index contributed by atoms with van der Waals surface area (Å²) in [6.07, 6.45) is 2.53. The van der Waals surface area contributed by atoms with Gasteiger partial charge in [0.25, 0.3) is 11.8 Å². The van der Waals surface area contributed by atoms with Gasteiger partial charge < -0.3 is 24.3 Å². The lowest BCUT2D eigenvalue weighted by atomic mass is 10.0. The van der Waals surface area contributed by atoms with Crippen molar-refractivity contribution in [3.63, 3.8) is 0 Å². The molecular formula is C23H23F2N3O5. The molecule has 1 aromatic carbocycles. The molecule has 0 radical (unpaired) electrons. The minimum Gasteiger partial charge on any atom is -0.491 e. The zero-order chi connectivity index (χ0) is 23.4. The number of aromatic nitrogens is 1. The molecule has 33 heavy (non-hydrogen) atoms. The van der Waals surface area contributed by atoms with Gasteiger partial charge in [-0.05, 0) is 24.8 Å². The van der Waals surface area contributed by atoms with Crippen LogP contribution in [0.5, 0.6) is 5.75 Å². The Morgan fingerprint density at radius 3 is 2.79 bits per heavy atom. The predicted molar refractivity (Wildman–Crippen MR) is 112 cm³/mol. The average molecular weight is 459 g/mol. The number of pyridine rings is 1. The highest BCUT2D eigenvalue weighted by atomic mass is 19.1. The number of methoxy groups -OCH3 is 1. The Labute approximate surface area is 188 Å². The van der Waals surface area contributed by atoms with Gasteiger partial charge in [0.05, 0.1) is 19.8 Å². The summed E-state index contributed by atoms with van der Waals surface area (Å²) in [5.41, 5.74) is -0.823. The second kappa shape index (κ2) is 7.95. The van der Waals surface area contributed by atoms with E-state index in [2.05, 4.69) is 12.2 Å². The van der Waals surface area contributed by atoms with E-state index in [1.54, 1.807) is 4.90 Å². The smallest absolute Gasteiger partial charge is 0.276 e. The van der Waals surface area contributed by atoms with Crippen molar-refractivity contribution in [2.75, 3.05) is 7.11 Å². The number of ether oxygens (including phenoxy) is 2. The minimum absolute atomic E-state index is 0.0309. The van der Waals surface area contributed by atoms with E-state index in [0.29, 0.717) is 6.07 Å². The molecule has 2 fully saturated rings. The quantitative estimate of drug-likeness (QED) is 0.756. The van der Waals surface area contributed by atoms with Crippen LogP contribution in [0.4, 0.5) is 8.78 Å². The van der Waals surface area contributed by atoms with E-state index < -0.39 is 29.2 Å². The molecule has 1 saturated carbocycles. The maximum Gasteiger partial charge on any atom is 0.276 e. The summed E-state index contributed by atoms with van der Waals surface area (Å²) >= 11 is 0. The molecule has 4 atom stereocenters. The molecule has 1 N–H and O–H groups in total. The Kier molecular flexibility index (Phi) is 5.19. The predicted octanol–water partition coefficient (Wildman–Crippen LogP) is 2.04.